The second kappa shape index (κ2) is 4.21. The Morgan fingerprint density at radius 1 is 1.44 bits per heavy atom. The lowest BCUT2D eigenvalue weighted by Crippen LogP contribution is -2.44. The number of aromatic amines is 1. The highest BCUT2D eigenvalue weighted by molar-refractivity contribution is 5.91. The highest BCUT2D eigenvalue weighted by atomic mass is 16.2. The van der Waals surface area contributed by atoms with Crippen LogP contribution in [0.2, 0.25) is 0 Å². The molecule has 3 rings (SSSR count). The van der Waals surface area contributed by atoms with Gasteiger partial charge in [0.15, 0.2) is 0 Å². The number of aromatic nitrogens is 2. The maximum atomic E-state index is 11.7. The molecule has 0 bridgehead atoms. The Morgan fingerprint density at radius 3 is 3.17 bits per heavy atom. The van der Waals surface area contributed by atoms with E-state index in [1.54, 1.807) is 6.20 Å². The third-order valence-corrected chi connectivity index (χ3v) is 3.23. The average Bonchev–Trinajstić information content (AvgIpc) is 2.79. The fraction of sp³-hybridized carbons (Fsp3) is 0.333. The Labute approximate surface area is 104 Å². The fourth-order valence-electron chi connectivity index (χ4n) is 2.23. The number of amides is 1. The summed E-state index contributed by atoms with van der Waals surface area (Å²) >= 11 is 0. The van der Waals surface area contributed by atoms with Crippen LogP contribution in [-0.4, -0.2) is 28.7 Å². The van der Waals surface area contributed by atoms with E-state index in [4.69, 9.17) is 5.73 Å². The Morgan fingerprint density at radius 2 is 2.33 bits per heavy atom. The summed E-state index contributed by atoms with van der Waals surface area (Å²) in [5.41, 5.74) is 8.28. The first-order valence-corrected chi connectivity index (χ1v) is 6.01. The van der Waals surface area contributed by atoms with Crippen molar-refractivity contribution in [2.24, 2.45) is 0 Å². The van der Waals surface area contributed by atoms with Crippen molar-refractivity contribution in [2.45, 2.75) is 18.9 Å². The molecule has 1 aliphatic rings. The third-order valence-electron chi connectivity index (χ3n) is 3.23. The topological polar surface area (TPSA) is 95.8 Å². The Balaban J connectivity index is 1.89. The minimum absolute atomic E-state index is 0.0327. The molecular weight excluding hydrogens is 230 g/mol. The summed E-state index contributed by atoms with van der Waals surface area (Å²) in [7, 11) is 0. The first-order valence-electron chi connectivity index (χ1n) is 6.01. The van der Waals surface area contributed by atoms with E-state index in [1.807, 2.05) is 12.1 Å². The van der Waals surface area contributed by atoms with Crippen LogP contribution in [0.3, 0.4) is 0 Å². The van der Waals surface area contributed by atoms with Crippen LogP contribution in [0.25, 0.3) is 10.9 Å². The van der Waals surface area contributed by atoms with E-state index in [0.29, 0.717) is 5.69 Å². The molecule has 0 aliphatic carbocycles. The molecule has 0 spiro atoms. The first-order chi connectivity index (χ1) is 8.74. The number of hydrogen-bond donors (Lipinski definition) is 4. The van der Waals surface area contributed by atoms with Crippen molar-refractivity contribution in [3.05, 3.63) is 18.3 Å². The molecule has 1 aromatic heterocycles. The normalized spacial score (nSPS) is 19.8. The average molecular weight is 245 g/mol. The van der Waals surface area contributed by atoms with Gasteiger partial charge in [-0.1, -0.05) is 0 Å². The summed E-state index contributed by atoms with van der Waals surface area (Å²) in [4.78, 5) is 11.7. The summed E-state index contributed by atoms with van der Waals surface area (Å²) in [6, 6.07) is 3.53. The molecule has 6 nitrogen and oxygen atoms in total. The molecule has 0 radical (unpaired) electrons. The zero-order valence-corrected chi connectivity index (χ0v) is 9.86. The molecule has 1 fully saturated rings. The predicted octanol–water partition coefficient (Wildman–Crippen LogP) is 0.836. The summed E-state index contributed by atoms with van der Waals surface area (Å²) in [5, 5.41) is 13.8. The second-order valence-corrected chi connectivity index (χ2v) is 4.53. The molecule has 5 N–H and O–H groups in total. The molecule has 2 heterocycles. The number of hydrogen-bond acceptors (Lipinski definition) is 4. The molecule has 6 heteroatoms. The van der Waals surface area contributed by atoms with E-state index >= 15 is 0 Å². The van der Waals surface area contributed by atoms with Gasteiger partial charge in [-0.25, -0.2) is 0 Å². The highest BCUT2D eigenvalue weighted by Crippen LogP contribution is 2.26. The van der Waals surface area contributed by atoms with Gasteiger partial charge < -0.3 is 16.4 Å². The largest absolute Gasteiger partial charge is 0.397 e. The van der Waals surface area contributed by atoms with Gasteiger partial charge in [-0.3, -0.25) is 9.89 Å². The molecule has 1 amide bonds. The zero-order chi connectivity index (χ0) is 12.5. The van der Waals surface area contributed by atoms with Gasteiger partial charge in [0.1, 0.15) is 6.04 Å². The van der Waals surface area contributed by atoms with Crippen molar-refractivity contribution in [2.75, 3.05) is 17.6 Å². The number of nitrogens with one attached hydrogen (secondary N) is 3. The Hall–Kier alpha value is -2.24. The molecule has 1 aromatic carbocycles. The van der Waals surface area contributed by atoms with Crippen LogP contribution >= 0.6 is 0 Å². The molecule has 1 atom stereocenters. The van der Waals surface area contributed by atoms with Gasteiger partial charge in [-0.15, -0.1) is 0 Å². The molecule has 18 heavy (non-hydrogen) atoms. The molecule has 2 aromatic rings. The molecular formula is C12H15N5O. The summed E-state index contributed by atoms with van der Waals surface area (Å²) < 4.78 is 0. The first kappa shape index (κ1) is 10.9. The Bertz CT molecular complexity index is 591. The summed E-state index contributed by atoms with van der Waals surface area (Å²) in [5.74, 6) is 0.0327. The van der Waals surface area contributed by atoms with Crippen LogP contribution in [0.4, 0.5) is 11.4 Å². The van der Waals surface area contributed by atoms with Crippen molar-refractivity contribution in [3.8, 4) is 0 Å². The smallest absolute Gasteiger partial charge is 0.242 e. The van der Waals surface area contributed by atoms with E-state index < -0.39 is 0 Å². The van der Waals surface area contributed by atoms with Crippen LogP contribution in [0.1, 0.15) is 12.8 Å². The van der Waals surface area contributed by atoms with Gasteiger partial charge in [-0.05, 0) is 25.0 Å². The molecule has 0 saturated carbocycles. The van der Waals surface area contributed by atoms with E-state index in [2.05, 4.69) is 20.8 Å². The number of fused-ring (bicyclic) bond motifs is 1. The third kappa shape index (κ3) is 1.85. The molecule has 1 unspecified atom stereocenters. The number of rotatable bonds is 2. The highest BCUT2D eigenvalue weighted by Gasteiger charge is 2.22. The number of nitrogen functional groups attached to an aromatic ring is 1. The van der Waals surface area contributed by atoms with Crippen molar-refractivity contribution >= 4 is 28.2 Å². The van der Waals surface area contributed by atoms with Crippen LogP contribution in [0, 0.1) is 0 Å². The minimum Gasteiger partial charge on any atom is -0.397 e. The lowest BCUT2D eigenvalue weighted by Gasteiger charge is -2.24. The van der Waals surface area contributed by atoms with E-state index in [9.17, 15) is 4.79 Å². The monoisotopic (exact) mass is 245 g/mol. The van der Waals surface area contributed by atoms with Gasteiger partial charge in [0, 0.05) is 11.9 Å². The summed E-state index contributed by atoms with van der Waals surface area (Å²) in [6.45, 7) is 0.756. The number of anilines is 2. The molecule has 1 saturated heterocycles. The van der Waals surface area contributed by atoms with Crippen molar-refractivity contribution in [1.29, 1.82) is 0 Å². The van der Waals surface area contributed by atoms with Crippen LogP contribution in [0.5, 0.6) is 0 Å². The maximum Gasteiger partial charge on any atom is 0.242 e. The number of carbonyl (C=O) groups is 1. The number of piperidine rings is 1. The second-order valence-electron chi connectivity index (χ2n) is 4.53. The number of carbonyl (C=O) groups excluding carboxylic acids is 1. The van der Waals surface area contributed by atoms with Crippen molar-refractivity contribution < 1.29 is 4.79 Å². The van der Waals surface area contributed by atoms with Gasteiger partial charge in [0.05, 0.1) is 23.1 Å². The zero-order valence-electron chi connectivity index (χ0n) is 9.86. The molecule has 1 aliphatic heterocycles. The molecule has 94 valence electrons. The van der Waals surface area contributed by atoms with E-state index in [-0.39, 0.29) is 11.9 Å². The van der Waals surface area contributed by atoms with Crippen LogP contribution in [-0.2, 0) is 4.79 Å². The fourth-order valence-corrected chi connectivity index (χ4v) is 2.23. The summed E-state index contributed by atoms with van der Waals surface area (Å²) in [6.07, 6.45) is 3.53. The van der Waals surface area contributed by atoms with Gasteiger partial charge >= 0.3 is 0 Å². The lowest BCUT2D eigenvalue weighted by molar-refractivity contribution is -0.123. The van der Waals surface area contributed by atoms with E-state index in [0.717, 1.165) is 36.0 Å². The number of H-pyrrole nitrogens is 1. The quantitative estimate of drug-likeness (QED) is 0.589. The lowest BCUT2D eigenvalue weighted by atomic mass is 10.1. The van der Waals surface area contributed by atoms with Gasteiger partial charge in [0.2, 0.25) is 5.91 Å². The number of benzene rings is 1. The minimum atomic E-state index is -0.207. The van der Waals surface area contributed by atoms with Crippen molar-refractivity contribution in [3.63, 3.8) is 0 Å². The Kier molecular flexibility index (Phi) is 2.55. The van der Waals surface area contributed by atoms with Crippen LogP contribution < -0.4 is 16.4 Å². The standard InChI is InChI=1S/C12H15N5O/c13-8-4-7-6-15-17-10(7)5-11(8)16-9-2-1-3-14-12(9)18/h4-6,9,16H,1-3,13H2,(H,14,18)(H,15,17). The van der Waals surface area contributed by atoms with Crippen molar-refractivity contribution in [1.82, 2.24) is 15.5 Å². The maximum absolute atomic E-state index is 11.7. The van der Waals surface area contributed by atoms with Gasteiger partial charge in [-0.2, -0.15) is 5.10 Å². The van der Waals surface area contributed by atoms with Gasteiger partial charge in [0.25, 0.3) is 0 Å². The number of nitrogens with zero attached hydrogens (tertiary/aromatic N) is 1. The van der Waals surface area contributed by atoms with E-state index in [1.165, 1.54) is 0 Å². The SMILES string of the molecule is Nc1cc2cn[nH]c2cc1NC1CCCNC1=O. The van der Waals surface area contributed by atoms with Crippen LogP contribution in [0.15, 0.2) is 18.3 Å². The predicted molar refractivity (Wildman–Crippen MR) is 70.2 cm³/mol. The number of nitrogens with two attached hydrogens (primary N) is 1.